The number of carbonyl (C=O) groups is 1. The lowest BCUT2D eigenvalue weighted by Gasteiger charge is -2.24. The van der Waals surface area contributed by atoms with E-state index < -0.39 is 5.41 Å². The highest BCUT2D eigenvalue weighted by Crippen LogP contribution is 2.19. The number of nitrogens with two attached hydrogens (primary N) is 1. The summed E-state index contributed by atoms with van der Waals surface area (Å²) in [6, 6.07) is 1.80. The number of nitrogens with one attached hydrogen (secondary N) is 1. The van der Waals surface area contributed by atoms with Gasteiger partial charge in [-0.1, -0.05) is 12.1 Å². The minimum Gasteiger partial charge on any atom is -0.361 e. The maximum Gasteiger partial charge on any atom is 0.227 e. The van der Waals surface area contributed by atoms with E-state index in [9.17, 15) is 4.79 Å². The van der Waals surface area contributed by atoms with Crippen LogP contribution in [0.4, 0.5) is 0 Å². The van der Waals surface area contributed by atoms with Crippen molar-refractivity contribution in [2.24, 2.45) is 11.1 Å². The Morgan fingerprint density at radius 3 is 2.81 bits per heavy atom. The summed E-state index contributed by atoms with van der Waals surface area (Å²) in [5.41, 5.74) is 5.82. The average molecular weight is 225 g/mol. The second-order valence-corrected chi connectivity index (χ2v) is 4.23. The molecule has 1 unspecified atom stereocenters. The largest absolute Gasteiger partial charge is 0.361 e. The first-order valence-corrected chi connectivity index (χ1v) is 5.42. The molecule has 0 aliphatic heterocycles. The number of carbonyl (C=O) groups excluding carboxylic acids is 1. The summed E-state index contributed by atoms with van der Waals surface area (Å²) in [6.07, 6.45) is 0.715. The van der Waals surface area contributed by atoms with E-state index in [-0.39, 0.29) is 5.91 Å². The monoisotopic (exact) mass is 225 g/mol. The first-order valence-electron chi connectivity index (χ1n) is 5.42. The molecular weight excluding hydrogens is 206 g/mol. The minimum absolute atomic E-state index is 0.0434. The summed E-state index contributed by atoms with van der Waals surface area (Å²) in [6.45, 7) is 6.34. The van der Waals surface area contributed by atoms with Crippen molar-refractivity contribution >= 4 is 5.91 Å². The van der Waals surface area contributed by atoms with Crippen LogP contribution in [0.3, 0.4) is 0 Å². The van der Waals surface area contributed by atoms with Gasteiger partial charge in [0.2, 0.25) is 5.91 Å². The third kappa shape index (κ3) is 2.82. The molecule has 1 aromatic rings. The Bertz CT molecular complexity index is 356. The maximum atomic E-state index is 11.9. The van der Waals surface area contributed by atoms with Crippen LogP contribution in [-0.4, -0.2) is 17.6 Å². The second kappa shape index (κ2) is 5.12. The molecule has 1 aromatic heterocycles. The van der Waals surface area contributed by atoms with Gasteiger partial charge in [-0.05, 0) is 20.3 Å². The van der Waals surface area contributed by atoms with Crippen LogP contribution >= 0.6 is 0 Å². The van der Waals surface area contributed by atoms with Gasteiger partial charge >= 0.3 is 0 Å². The highest BCUT2D eigenvalue weighted by atomic mass is 16.5. The summed E-state index contributed by atoms with van der Waals surface area (Å²) in [5, 5.41) is 6.61. The SMILES string of the molecule is CCC(C)(CN)C(=O)NCc1cc(C)on1. The number of aromatic nitrogens is 1. The molecule has 0 radical (unpaired) electrons. The lowest BCUT2D eigenvalue weighted by Crippen LogP contribution is -2.43. The van der Waals surface area contributed by atoms with E-state index >= 15 is 0 Å². The fourth-order valence-corrected chi connectivity index (χ4v) is 1.28. The molecule has 90 valence electrons. The van der Waals surface area contributed by atoms with E-state index in [1.54, 1.807) is 6.07 Å². The molecular formula is C11H19N3O2. The number of aryl methyl sites for hydroxylation is 1. The molecule has 16 heavy (non-hydrogen) atoms. The molecule has 3 N–H and O–H groups in total. The Morgan fingerprint density at radius 2 is 2.38 bits per heavy atom. The fourth-order valence-electron chi connectivity index (χ4n) is 1.28. The summed E-state index contributed by atoms with van der Waals surface area (Å²) in [7, 11) is 0. The van der Waals surface area contributed by atoms with E-state index in [1.807, 2.05) is 20.8 Å². The average Bonchev–Trinajstić information content (AvgIpc) is 2.70. The van der Waals surface area contributed by atoms with Crippen molar-refractivity contribution in [1.82, 2.24) is 10.5 Å². The first-order chi connectivity index (χ1) is 7.51. The van der Waals surface area contributed by atoms with Crippen molar-refractivity contribution in [1.29, 1.82) is 0 Å². The Morgan fingerprint density at radius 1 is 1.69 bits per heavy atom. The Labute approximate surface area is 95.4 Å². The van der Waals surface area contributed by atoms with Gasteiger partial charge < -0.3 is 15.6 Å². The Hall–Kier alpha value is -1.36. The predicted octanol–water partition coefficient (Wildman–Crippen LogP) is 0.974. The Kier molecular flexibility index (Phi) is 4.06. The van der Waals surface area contributed by atoms with Crippen LogP contribution in [-0.2, 0) is 11.3 Å². The van der Waals surface area contributed by atoms with Crippen LogP contribution in [0.5, 0.6) is 0 Å². The molecule has 1 heterocycles. The molecule has 0 saturated carbocycles. The van der Waals surface area contributed by atoms with Crippen LogP contribution < -0.4 is 11.1 Å². The van der Waals surface area contributed by atoms with E-state index in [2.05, 4.69) is 10.5 Å². The molecule has 5 nitrogen and oxygen atoms in total. The van der Waals surface area contributed by atoms with E-state index in [1.165, 1.54) is 0 Å². The van der Waals surface area contributed by atoms with Crippen molar-refractivity contribution < 1.29 is 9.32 Å². The van der Waals surface area contributed by atoms with Gasteiger partial charge in [-0.15, -0.1) is 0 Å². The van der Waals surface area contributed by atoms with E-state index in [0.29, 0.717) is 19.5 Å². The van der Waals surface area contributed by atoms with Gasteiger partial charge in [-0.3, -0.25) is 4.79 Å². The highest BCUT2D eigenvalue weighted by Gasteiger charge is 2.29. The molecule has 1 rings (SSSR count). The topological polar surface area (TPSA) is 81.2 Å². The third-order valence-electron chi connectivity index (χ3n) is 2.89. The van der Waals surface area contributed by atoms with Crippen molar-refractivity contribution in [3.8, 4) is 0 Å². The van der Waals surface area contributed by atoms with Gasteiger partial charge in [0.05, 0.1) is 12.0 Å². The van der Waals surface area contributed by atoms with E-state index in [4.69, 9.17) is 10.3 Å². The number of rotatable bonds is 5. The maximum absolute atomic E-state index is 11.9. The first kappa shape index (κ1) is 12.7. The fraction of sp³-hybridized carbons (Fsp3) is 0.636. The zero-order valence-electron chi connectivity index (χ0n) is 10.0. The molecule has 0 bridgehead atoms. The van der Waals surface area contributed by atoms with Gasteiger partial charge in [-0.25, -0.2) is 0 Å². The van der Waals surface area contributed by atoms with E-state index in [0.717, 1.165) is 11.5 Å². The molecule has 0 saturated heterocycles. The summed E-state index contributed by atoms with van der Waals surface area (Å²) < 4.78 is 4.91. The van der Waals surface area contributed by atoms with Crippen LogP contribution in [0.25, 0.3) is 0 Å². The highest BCUT2D eigenvalue weighted by molar-refractivity contribution is 5.82. The number of nitrogens with zero attached hydrogens (tertiary/aromatic N) is 1. The van der Waals surface area contributed by atoms with Crippen LogP contribution in [0.15, 0.2) is 10.6 Å². The van der Waals surface area contributed by atoms with Gasteiger partial charge in [0.25, 0.3) is 0 Å². The van der Waals surface area contributed by atoms with Crippen LogP contribution in [0.2, 0.25) is 0 Å². The molecule has 1 amide bonds. The molecule has 0 aliphatic carbocycles. The van der Waals surface area contributed by atoms with Crippen molar-refractivity contribution in [2.75, 3.05) is 6.54 Å². The number of hydrogen-bond acceptors (Lipinski definition) is 4. The quantitative estimate of drug-likeness (QED) is 0.782. The van der Waals surface area contributed by atoms with Crippen LogP contribution in [0.1, 0.15) is 31.7 Å². The number of hydrogen-bond donors (Lipinski definition) is 2. The number of amides is 1. The van der Waals surface area contributed by atoms with Crippen LogP contribution in [0, 0.1) is 12.3 Å². The van der Waals surface area contributed by atoms with Gasteiger partial charge in [-0.2, -0.15) is 0 Å². The molecule has 1 atom stereocenters. The summed E-state index contributed by atoms with van der Waals surface area (Å²) in [4.78, 5) is 11.9. The lowest BCUT2D eigenvalue weighted by molar-refractivity contribution is -0.130. The van der Waals surface area contributed by atoms with Gasteiger partial charge in [0.15, 0.2) is 0 Å². The standard InChI is InChI=1S/C11H19N3O2/c1-4-11(3,7-12)10(15)13-6-9-5-8(2)16-14-9/h5H,4,6-7,12H2,1-3H3,(H,13,15). The van der Waals surface area contributed by atoms with Gasteiger partial charge in [0, 0.05) is 12.6 Å². The molecule has 5 heteroatoms. The minimum atomic E-state index is -0.501. The molecule has 0 aromatic carbocycles. The summed E-state index contributed by atoms with van der Waals surface area (Å²) >= 11 is 0. The smallest absolute Gasteiger partial charge is 0.227 e. The zero-order chi connectivity index (χ0) is 12.2. The van der Waals surface area contributed by atoms with Crippen molar-refractivity contribution in [2.45, 2.75) is 33.7 Å². The molecule has 0 aliphatic rings. The molecule has 0 spiro atoms. The normalized spacial score (nSPS) is 14.5. The second-order valence-electron chi connectivity index (χ2n) is 4.23. The zero-order valence-corrected chi connectivity index (χ0v) is 10.0. The van der Waals surface area contributed by atoms with Gasteiger partial charge in [0.1, 0.15) is 11.5 Å². The predicted molar refractivity (Wildman–Crippen MR) is 60.5 cm³/mol. The molecule has 0 fully saturated rings. The third-order valence-corrected chi connectivity index (χ3v) is 2.89. The van der Waals surface area contributed by atoms with Crippen molar-refractivity contribution in [3.63, 3.8) is 0 Å². The summed E-state index contributed by atoms with van der Waals surface area (Å²) in [5.74, 6) is 0.694. The lowest BCUT2D eigenvalue weighted by atomic mass is 9.87. The Balaban J connectivity index is 2.52. The van der Waals surface area contributed by atoms with Crippen molar-refractivity contribution in [3.05, 3.63) is 17.5 Å².